The van der Waals surface area contributed by atoms with Crippen LogP contribution >= 0.6 is 0 Å². The summed E-state index contributed by atoms with van der Waals surface area (Å²) in [5, 5.41) is 0. The van der Waals surface area contributed by atoms with Crippen molar-refractivity contribution in [3.8, 4) is 5.75 Å². The van der Waals surface area contributed by atoms with Crippen molar-refractivity contribution in [1.29, 1.82) is 0 Å². The van der Waals surface area contributed by atoms with E-state index in [-0.39, 0.29) is 23.5 Å². The van der Waals surface area contributed by atoms with Gasteiger partial charge < -0.3 is 4.74 Å². The normalized spacial score (nSPS) is 11.2. The van der Waals surface area contributed by atoms with Crippen molar-refractivity contribution in [2.45, 2.75) is 12.8 Å². The first-order valence-corrected chi connectivity index (χ1v) is 5.97. The number of rotatable bonds is 4. The Bertz CT molecular complexity index is 633. The molecule has 0 N–H and O–H groups in total. The Morgan fingerprint density at radius 1 is 1.05 bits per heavy atom. The lowest BCUT2D eigenvalue weighted by Crippen LogP contribution is -2.17. The van der Waals surface area contributed by atoms with Crippen LogP contribution in [0.1, 0.15) is 15.9 Å². The Hall–Kier alpha value is -2.37. The Kier molecular flexibility index (Phi) is 4.26. The number of carbonyl (C=O) groups is 1. The molecule has 0 radical (unpaired) electrons. The van der Waals surface area contributed by atoms with Gasteiger partial charge in [0.15, 0.2) is 5.78 Å². The van der Waals surface area contributed by atoms with Gasteiger partial charge in [0.25, 0.3) is 0 Å². The number of alkyl halides is 3. The number of carbonyl (C=O) groups excluding carboxylic acids is 1. The van der Waals surface area contributed by atoms with Crippen LogP contribution in [0.4, 0.5) is 17.6 Å². The van der Waals surface area contributed by atoms with Crippen LogP contribution in [0, 0.1) is 5.82 Å². The third-order valence-corrected chi connectivity index (χ3v) is 2.67. The minimum absolute atomic E-state index is 0.0320. The molecule has 2 aromatic carbocycles. The van der Waals surface area contributed by atoms with Gasteiger partial charge in [-0.1, -0.05) is 24.3 Å². The maximum atomic E-state index is 13.0. The van der Waals surface area contributed by atoms with E-state index in [4.69, 9.17) is 0 Å². The van der Waals surface area contributed by atoms with Crippen molar-refractivity contribution in [1.82, 2.24) is 0 Å². The van der Waals surface area contributed by atoms with Crippen LogP contribution in [0.3, 0.4) is 0 Å². The standard InChI is InChI=1S/C15H10F4O2/c16-12-3-1-2-11(9-12)14(20)8-10-4-6-13(7-5-10)21-15(17,18)19/h1-7,9H,8H2. The summed E-state index contributed by atoms with van der Waals surface area (Å²) in [4.78, 5) is 11.9. The monoisotopic (exact) mass is 298 g/mol. The number of ketones is 1. The van der Waals surface area contributed by atoms with Crippen LogP contribution in [-0.2, 0) is 6.42 Å². The van der Waals surface area contributed by atoms with E-state index in [0.29, 0.717) is 5.56 Å². The molecular formula is C15H10F4O2. The summed E-state index contributed by atoms with van der Waals surface area (Å²) in [5.41, 5.74) is 0.726. The van der Waals surface area contributed by atoms with E-state index in [1.807, 2.05) is 0 Å². The smallest absolute Gasteiger partial charge is 0.406 e. The van der Waals surface area contributed by atoms with Gasteiger partial charge in [0.2, 0.25) is 0 Å². The molecule has 0 aliphatic carbocycles. The second-order valence-electron chi connectivity index (χ2n) is 4.30. The second kappa shape index (κ2) is 5.95. The van der Waals surface area contributed by atoms with Crippen molar-refractivity contribution in [2.75, 3.05) is 0 Å². The predicted octanol–water partition coefficient (Wildman–Crippen LogP) is 4.15. The lowest BCUT2D eigenvalue weighted by Gasteiger charge is -2.09. The van der Waals surface area contributed by atoms with Gasteiger partial charge in [0.05, 0.1) is 0 Å². The molecule has 0 saturated heterocycles. The molecule has 110 valence electrons. The van der Waals surface area contributed by atoms with Gasteiger partial charge >= 0.3 is 6.36 Å². The molecule has 0 spiro atoms. The summed E-state index contributed by atoms with van der Waals surface area (Å²) in [6, 6.07) is 10.2. The second-order valence-corrected chi connectivity index (χ2v) is 4.30. The Morgan fingerprint density at radius 3 is 2.29 bits per heavy atom. The molecule has 0 unspecified atom stereocenters. The van der Waals surface area contributed by atoms with Gasteiger partial charge in [-0.05, 0) is 29.8 Å². The van der Waals surface area contributed by atoms with E-state index in [1.54, 1.807) is 0 Å². The van der Waals surface area contributed by atoms with Crippen LogP contribution < -0.4 is 4.74 Å². The molecular weight excluding hydrogens is 288 g/mol. The highest BCUT2D eigenvalue weighted by Crippen LogP contribution is 2.23. The molecule has 21 heavy (non-hydrogen) atoms. The fourth-order valence-corrected chi connectivity index (χ4v) is 1.76. The zero-order valence-corrected chi connectivity index (χ0v) is 10.7. The molecule has 0 aliphatic heterocycles. The lowest BCUT2D eigenvalue weighted by molar-refractivity contribution is -0.274. The Morgan fingerprint density at radius 2 is 1.71 bits per heavy atom. The zero-order chi connectivity index (χ0) is 15.5. The van der Waals surface area contributed by atoms with Crippen molar-refractivity contribution in [2.24, 2.45) is 0 Å². The molecule has 6 heteroatoms. The minimum atomic E-state index is -4.75. The highest BCUT2D eigenvalue weighted by molar-refractivity contribution is 5.97. The largest absolute Gasteiger partial charge is 0.573 e. The van der Waals surface area contributed by atoms with E-state index in [2.05, 4.69) is 4.74 Å². The van der Waals surface area contributed by atoms with E-state index in [1.165, 1.54) is 30.3 Å². The molecule has 0 bridgehead atoms. The van der Waals surface area contributed by atoms with Gasteiger partial charge in [-0.25, -0.2) is 4.39 Å². The molecule has 0 amide bonds. The molecule has 0 heterocycles. The quantitative estimate of drug-likeness (QED) is 0.626. The average molecular weight is 298 g/mol. The number of halogens is 4. The lowest BCUT2D eigenvalue weighted by atomic mass is 10.0. The number of benzene rings is 2. The minimum Gasteiger partial charge on any atom is -0.406 e. The fraction of sp³-hybridized carbons (Fsp3) is 0.133. The maximum absolute atomic E-state index is 13.0. The molecule has 2 nitrogen and oxygen atoms in total. The molecule has 0 aromatic heterocycles. The van der Waals surface area contributed by atoms with Gasteiger partial charge in [0, 0.05) is 12.0 Å². The Labute approximate surface area is 118 Å². The third kappa shape index (κ3) is 4.59. The van der Waals surface area contributed by atoms with Crippen LogP contribution in [0.2, 0.25) is 0 Å². The SMILES string of the molecule is O=C(Cc1ccc(OC(F)(F)F)cc1)c1cccc(F)c1. The maximum Gasteiger partial charge on any atom is 0.573 e. The third-order valence-electron chi connectivity index (χ3n) is 2.67. The average Bonchev–Trinajstić information content (AvgIpc) is 2.39. The van der Waals surface area contributed by atoms with Crippen LogP contribution in [0.25, 0.3) is 0 Å². The van der Waals surface area contributed by atoms with Gasteiger partial charge in [-0.3, -0.25) is 4.79 Å². The van der Waals surface area contributed by atoms with Crippen molar-refractivity contribution >= 4 is 5.78 Å². The van der Waals surface area contributed by atoms with E-state index in [9.17, 15) is 22.4 Å². The molecule has 0 saturated carbocycles. The first kappa shape index (κ1) is 15.0. The summed E-state index contributed by atoms with van der Waals surface area (Å²) in [5.74, 6) is -1.20. The topological polar surface area (TPSA) is 26.3 Å². The predicted molar refractivity (Wildman–Crippen MR) is 67.6 cm³/mol. The number of hydrogen-bond acceptors (Lipinski definition) is 2. The van der Waals surface area contributed by atoms with E-state index >= 15 is 0 Å². The van der Waals surface area contributed by atoms with Crippen molar-refractivity contribution in [3.05, 3.63) is 65.5 Å². The van der Waals surface area contributed by atoms with E-state index in [0.717, 1.165) is 18.2 Å². The van der Waals surface area contributed by atoms with Crippen molar-refractivity contribution in [3.63, 3.8) is 0 Å². The summed E-state index contributed by atoms with van der Waals surface area (Å²) in [7, 11) is 0. The molecule has 0 aliphatic rings. The number of hydrogen-bond donors (Lipinski definition) is 0. The molecule has 2 rings (SSSR count). The van der Waals surface area contributed by atoms with Crippen LogP contribution in [0.5, 0.6) is 5.75 Å². The zero-order valence-electron chi connectivity index (χ0n) is 10.7. The van der Waals surface area contributed by atoms with Crippen LogP contribution in [-0.4, -0.2) is 12.1 Å². The highest BCUT2D eigenvalue weighted by Gasteiger charge is 2.30. The first-order chi connectivity index (χ1) is 9.83. The number of Topliss-reactive ketones (excluding diaryl/α,β-unsaturated/α-hetero) is 1. The fourth-order valence-electron chi connectivity index (χ4n) is 1.76. The highest BCUT2D eigenvalue weighted by atomic mass is 19.4. The summed E-state index contributed by atoms with van der Waals surface area (Å²) in [6.45, 7) is 0. The number of ether oxygens (including phenoxy) is 1. The Balaban J connectivity index is 2.05. The summed E-state index contributed by atoms with van der Waals surface area (Å²) < 4.78 is 52.7. The van der Waals surface area contributed by atoms with Gasteiger partial charge in [-0.2, -0.15) is 0 Å². The van der Waals surface area contributed by atoms with Crippen molar-refractivity contribution < 1.29 is 27.1 Å². The molecule has 0 fully saturated rings. The first-order valence-electron chi connectivity index (χ1n) is 5.97. The molecule has 0 atom stereocenters. The summed E-state index contributed by atoms with van der Waals surface area (Å²) >= 11 is 0. The van der Waals surface area contributed by atoms with Crippen LogP contribution in [0.15, 0.2) is 48.5 Å². The van der Waals surface area contributed by atoms with E-state index < -0.39 is 12.2 Å². The summed E-state index contributed by atoms with van der Waals surface area (Å²) in [6.07, 6.45) is -4.78. The van der Waals surface area contributed by atoms with Gasteiger partial charge in [-0.15, -0.1) is 13.2 Å². The van der Waals surface area contributed by atoms with Gasteiger partial charge in [0.1, 0.15) is 11.6 Å². The molecule has 2 aromatic rings.